The summed E-state index contributed by atoms with van der Waals surface area (Å²) < 4.78 is 181. The molecule has 0 nitrogen and oxygen atoms in total. The number of halogens is 12. The van der Waals surface area contributed by atoms with Gasteiger partial charge in [-0.3, -0.25) is 0 Å². The lowest BCUT2D eigenvalue weighted by Gasteiger charge is -2.37. The zero-order valence-electron chi connectivity index (χ0n) is 34.7. The predicted molar refractivity (Wildman–Crippen MR) is 237 cm³/mol. The summed E-state index contributed by atoms with van der Waals surface area (Å²) in [6, 6.07) is 10.5. The minimum absolute atomic E-state index is 0.0174. The summed E-state index contributed by atoms with van der Waals surface area (Å²) in [6.07, 6.45) is -12.5. The summed E-state index contributed by atoms with van der Waals surface area (Å²) in [5, 5.41) is 17.4. The lowest BCUT2D eigenvalue weighted by Crippen LogP contribution is -2.31. The molecule has 8 unspecified atom stereocenters. The maximum Gasteiger partial charge on any atom is 0.416 e. The van der Waals surface area contributed by atoms with Gasteiger partial charge in [0.2, 0.25) is 0 Å². The standard InChI is InChI=1S/C57H22F12/c58-54(59,60)17-9-15(10-18(13-17)55(61,62)63)53(16-11-19(56(64,65)66)14-20(12-16)57(67,68)69)51-37-27-7-5-25-23-3-1-21-22-2-4-24-26-6-8-28-36-34(26)41-32(24)30(22)39-29(21)31(23)40-33(25)35(27)42-44(37)45(38(28)52(51)53)43(36)50-48(41)46(39)47(40)49(42)50/h1-14,21,23,25,29,31,33,51-52H. The van der Waals surface area contributed by atoms with E-state index in [9.17, 15) is 0 Å². The topological polar surface area (TPSA) is 0 Å². The molecule has 0 amide bonds. The number of alkyl halides is 12. The lowest BCUT2D eigenvalue weighted by atomic mass is 9.65. The van der Waals surface area contributed by atoms with E-state index in [0.717, 1.165) is 75.8 Å². The van der Waals surface area contributed by atoms with Gasteiger partial charge in [-0.1, -0.05) is 48.6 Å². The second-order valence-electron chi connectivity index (χ2n) is 21.5. The Morgan fingerprint density at radius 2 is 0.899 bits per heavy atom. The first-order valence-electron chi connectivity index (χ1n) is 23.1. The van der Waals surface area contributed by atoms with E-state index in [4.69, 9.17) is 0 Å². The van der Waals surface area contributed by atoms with Crippen LogP contribution in [0, 0.1) is 17.8 Å². The van der Waals surface area contributed by atoms with Crippen molar-refractivity contribution in [1.29, 1.82) is 0 Å². The predicted octanol–water partition coefficient (Wildman–Crippen LogP) is 16.0. The molecule has 8 aliphatic carbocycles. The van der Waals surface area contributed by atoms with Crippen LogP contribution >= 0.6 is 0 Å². The van der Waals surface area contributed by atoms with Gasteiger partial charge in [0.15, 0.2) is 0 Å². The lowest BCUT2D eigenvalue weighted by molar-refractivity contribution is -0.144. The number of hydrogen-bond donors (Lipinski definition) is 0. The second-order valence-corrected chi connectivity index (χ2v) is 21.5. The van der Waals surface area contributed by atoms with Crippen LogP contribution in [-0.2, 0) is 30.1 Å². The fraction of sp³-hybridized carbons (Fsp3) is 0.228. The average molecular weight is 935 g/mol. The van der Waals surface area contributed by atoms with Gasteiger partial charge < -0.3 is 0 Å². The van der Waals surface area contributed by atoms with Crippen LogP contribution in [0.5, 0.6) is 0 Å². The Hall–Kier alpha value is -6.56. The highest BCUT2D eigenvalue weighted by molar-refractivity contribution is 6.57. The molecule has 334 valence electrons. The van der Waals surface area contributed by atoms with E-state index in [0.29, 0.717) is 40.8 Å². The second kappa shape index (κ2) is 9.79. The van der Waals surface area contributed by atoms with Crippen molar-refractivity contribution in [3.05, 3.63) is 151 Å². The van der Waals surface area contributed by atoms with Crippen molar-refractivity contribution in [3.63, 3.8) is 0 Å². The molecule has 8 aliphatic rings. The summed E-state index contributed by atoms with van der Waals surface area (Å²) in [6.45, 7) is 0. The van der Waals surface area contributed by atoms with E-state index in [1.165, 1.54) is 38.1 Å². The van der Waals surface area contributed by atoms with E-state index < -0.39 is 75.3 Å². The summed E-state index contributed by atoms with van der Waals surface area (Å²) in [5.41, 5.74) is -3.37. The molecule has 19 rings (SSSR count). The van der Waals surface area contributed by atoms with Crippen LogP contribution in [0.4, 0.5) is 52.7 Å². The third kappa shape index (κ3) is 3.33. The molecular weight excluding hydrogens is 913 g/mol. The molecule has 0 aliphatic heterocycles. The number of benzene rings is 7. The molecular formula is C57H22F12. The quantitative estimate of drug-likeness (QED) is 0.0920. The highest BCUT2D eigenvalue weighted by Gasteiger charge is 2.72. The largest absolute Gasteiger partial charge is 0.416 e. The molecule has 2 fully saturated rings. The van der Waals surface area contributed by atoms with Crippen molar-refractivity contribution in [3.8, 4) is 0 Å². The highest BCUT2D eigenvalue weighted by Crippen LogP contribution is 2.82. The Morgan fingerprint density at radius 1 is 0.391 bits per heavy atom. The molecule has 0 saturated heterocycles. The molecule has 8 atom stereocenters. The van der Waals surface area contributed by atoms with Crippen LogP contribution in [0.25, 0.3) is 97.8 Å². The van der Waals surface area contributed by atoms with Crippen LogP contribution in [0.1, 0.15) is 96.4 Å². The average Bonchev–Trinajstić information content (AvgIpc) is 3.88. The molecule has 12 heteroatoms. The van der Waals surface area contributed by atoms with Gasteiger partial charge in [-0.2, -0.15) is 52.7 Å². The first-order chi connectivity index (χ1) is 32.8. The Kier molecular flexibility index (Phi) is 5.17. The van der Waals surface area contributed by atoms with Gasteiger partial charge in [-0.25, -0.2) is 0 Å². The van der Waals surface area contributed by atoms with Crippen molar-refractivity contribution in [1.82, 2.24) is 0 Å². The van der Waals surface area contributed by atoms with Crippen LogP contribution in [0.3, 0.4) is 0 Å². The van der Waals surface area contributed by atoms with Crippen molar-refractivity contribution in [2.75, 3.05) is 0 Å². The smallest absolute Gasteiger partial charge is 0.166 e. The van der Waals surface area contributed by atoms with Crippen LogP contribution < -0.4 is 5.22 Å². The molecule has 11 aromatic rings. The molecule has 0 spiro atoms. The minimum atomic E-state index is -5.36. The molecule has 0 bridgehead atoms. The van der Waals surface area contributed by atoms with Gasteiger partial charge >= 0.3 is 24.7 Å². The number of hydrogen-bond acceptors (Lipinski definition) is 0. The van der Waals surface area contributed by atoms with E-state index in [1.54, 1.807) is 0 Å². The van der Waals surface area contributed by atoms with Gasteiger partial charge in [0.25, 0.3) is 0 Å². The first kappa shape index (κ1) is 36.4. The van der Waals surface area contributed by atoms with Gasteiger partial charge in [0, 0.05) is 35.0 Å². The monoisotopic (exact) mass is 934 g/mol. The van der Waals surface area contributed by atoms with Crippen molar-refractivity contribution in [2.24, 2.45) is 17.8 Å². The van der Waals surface area contributed by atoms with Gasteiger partial charge in [0.1, 0.15) is 0 Å². The fourth-order valence-electron chi connectivity index (χ4n) is 17.8. The SMILES string of the molecule is FC(F)(F)c1cc(C(F)(F)F)cc(C2(c3cc(C(F)(F)F)cc(C(F)(F)F)c3)C3c4c5c6c7c4c4c(c8ccc9c%10ccc%11c%12c%13c%14c(c7c7c%14c(c%12%10)c9c8c47)=C4C6C(C=C5)C5C=CC%11C%13C45)C32)c1. The third-order valence-electron chi connectivity index (χ3n) is 19.4. The Bertz CT molecular complexity index is 4390. The molecule has 11 aromatic carbocycles. The van der Waals surface area contributed by atoms with Crippen LogP contribution in [-0.4, -0.2) is 0 Å². The van der Waals surface area contributed by atoms with Gasteiger partial charge in [-0.05, 0) is 196 Å². The molecule has 0 radical (unpaired) electrons. The van der Waals surface area contributed by atoms with E-state index in [2.05, 4.69) is 30.4 Å². The van der Waals surface area contributed by atoms with Gasteiger partial charge in [-0.15, -0.1) is 0 Å². The fourth-order valence-corrected chi connectivity index (χ4v) is 17.8. The molecule has 2 saturated carbocycles. The first-order valence-corrected chi connectivity index (χ1v) is 23.1. The summed E-state index contributed by atoms with van der Waals surface area (Å²) >= 11 is 0. The summed E-state index contributed by atoms with van der Waals surface area (Å²) in [7, 11) is 0. The zero-order chi connectivity index (χ0) is 46.3. The van der Waals surface area contributed by atoms with Crippen LogP contribution in [0.2, 0.25) is 0 Å². The molecule has 69 heavy (non-hydrogen) atoms. The molecule has 0 heterocycles. The maximum absolute atomic E-state index is 15.1. The van der Waals surface area contributed by atoms with E-state index >= 15 is 52.7 Å². The van der Waals surface area contributed by atoms with Crippen molar-refractivity contribution < 1.29 is 52.7 Å². The Balaban J connectivity index is 1.07. The normalized spacial score (nSPS) is 27.4. The molecule has 0 N–H and O–H groups in total. The Morgan fingerprint density at radius 3 is 1.54 bits per heavy atom. The minimum Gasteiger partial charge on any atom is -0.166 e. The van der Waals surface area contributed by atoms with Gasteiger partial charge in [0.05, 0.1) is 22.3 Å². The summed E-state index contributed by atoms with van der Waals surface area (Å²) in [4.78, 5) is 0. The summed E-state index contributed by atoms with van der Waals surface area (Å²) in [5.74, 6) is -1.81. The zero-order valence-corrected chi connectivity index (χ0v) is 34.7. The van der Waals surface area contributed by atoms with E-state index in [-0.39, 0.29) is 47.6 Å². The van der Waals surface area contributed by atoms with Crippen LogP contribution in [0.15, 0.2) is 78.9 Å². The number of fused-ring (bicyclic) bond motifs is 8. The van der Waals surface area contributed by atoms with Crippen molar-refractivity contribution >= 4 is 97.8 Å². The maximum atomic E-state index is 15.1. The number of allylic oxidation sites excluding steroid dienone is 3. The van der Waals surface area contributed by atoms with Crippen molar-refractivity contribution in [2.45, 2.75) is 59.7 Å². The number of rotatable bonds is 2. The molecule has 0 aromatic heterocycles. The third-order valence-corrected chi connectivity index (χ3v) is 19.4. The Labute approximate surface area is 377 Å². The highest BCUT2D eigenvalue weighted by atomic mass is 19.4. The van der Waals surface area contributed by atoms with E-state index in [1.807, 2.05) is 18.2 Å².